The number of rotatable bonds is 7. The Kier molecular flexibility index (Phi) is 7.23. The molecule has 2 rings (SSSR count). The first-order valence-electron chi connectivity index (χ1n) is 8.63. The van der Waals surface area contributed by atoms with Gasteiger partial charge in [-0.3, -0.25) is 19.4 Å². The van der Waals surface area contributed by atoms with E-state index in [2.05, 4.69) is 10.2 Å². The highest BCUT2D eigenvalue weighted by molar-refractivity contribution is 6.31. The number of carboxylic acids is 1. The third-order valence-corrected chi connectivity index (χ3v) is 5.14. The van der Waals surface area contributed by atoms with Crippen LogP contribution < -0.4 is 5.32 Å². The number of nitrogens with one attached hydrogen (secondary N) is 1. The molecular weight excluding hydrogens is 342 g/mol. The van der Waals surface area contributed by atoms with Crippen LogP contribution in [0.3, 0.4) is 0 Å². The van der Waals surface area contributed by atoms with E-state index in [0.29, 0.717) is 11.6 Å². The van der Waals surface area contributed by atoms with Gasteiger partial charge in [0.2, 0.25) is 5.91 Å². The van der Waals surface area contributed by atoms with Crippen molar-refractivity contribution < 1.29 is 14.7 Å². The van der Waals surface area contributed by atoms with Crippen LogP contribution in [0.2, 0.25) is 5.02 Å². The number of likely N-dealkylation sites (tertiary alicyclic amines) is 1. The number of benzene rings is 1. The van der Waals surface area contributed by atoms with Crippen LogP contribution >= 0.6 is 11.6 Å². The molecule has 1 amide bonds. The quantitative estimate of drug-likeness (QED) is 0.774. The van der Waals surface area contributed by atoms with E-state index in [0.717, 1.165) is 43.7 Å². The monoisotopic (exact) mass is 367 g/mol. The summed E-state index contributed by atoms with van der Waals surface area (Å²) in [4.78, 5) is 27.3. The zero-order valence-electron chi connectivity index (χ0n) is 14.8. The summed E-state index contributed by atoms with van der Waals surface area (Å²) in [6, 6.07) is 5.73. The van der Waals surface area contributed by atoms with Gasteiger partial charge < -0.3 is 10.4 Å². The topological polar surface area (TPSA) is 72.9 Å². The number of carboxylic acid groups (broad SMARTS) is 1. The fraction of sp³-hybridized carbons (Fsp3) is 0.556. The minimum atomic E-state index is -0.791. The second-order valence-electron chi connectivity index (χ2n) is 6.42. The van der Waals surface area contributed by atoms with Gasteiger partial charge in [-0.05, 0) is 44.0 Å². The first-order valence-corrected chi connectivity index (χ1v) is 9.01. The number of likely N-dealkylation sites (N-methyl/N-ethyl adjacent to an activating group) is 1. The predicted molar refractivity (Wildman–Crippen MR) is 99.2 cm³/mol. The van der Waals surface area contributed by atoms with Crippen molar-refractivity contribution in [2.24, 2.45) is 0 Å². The highest BCUT2D eigenvalue weighted by Crippen LogP contribution is 2.23. The van der Waals surface area contributed by atoms with Gasteiger partial charge in [0.15, 0.2) is 0 Å². The van der Waals surface area contributed by atoms with Crippen LogP contribution in [0, 0.1) is 6.92 Å². The van der Waals surface area contributed by atoms with E-state index in [4.69, 9.17) is 16.7 Å². The van der Waals surface area contributed by atoms with Crippen molar-refractivity contribution >= 4 is 29.2 Å². The SMILES string of the molecule is CCN(CC(=O)O)C1CCN(CC(=O)Nc2cccc(Cl)c2C)CC1. The normalized spacial score (nSPS) is 16.2. The average Bonchev–Trinajstić information content (AvgIpc) is 2.57. The second kappa shape index (κ2) is 9.17. The summed E-state index contributed by atoms with van der Waals surface area (Å²) >= 11 is 6.08. The van der Waals surface area contributed by atoms with Gasteiger partial charge in [0.1, 0.15) is 0 Å². The van der Waals surface area contributed by atoms with Crippen LogP contribution in [-0.2, 0) is 9.59 Å². The number of carbonyl (C=O) groups excluding carboxylic acids is 1. The Labute approximate surface area is 153 Å². The largest absolute Gasteiger partial charge is 0.480 e. The van der Waals surface area contributed by atoms with E-state index in [9.17, 15) is 9.59 Å². The van der Waals surface area contributed by atoms with Crippen LogP contribution in [0.1, 0.15) is 25.3 Å². The number of piperidine rings is 1. The molecule has 2 N–H and O–H groups in total. The van der Waals surface area contributed by atoms with Crippen molar-refractivity contribution in [2.75, 3.05) is 38.0 Å². The summed E-state index contributed by atoms with van der Waals surface area (Å²) in [5.74, 6) is -0.845. The molecule has 1 fully saturated rings. The summed E-state index contributed by atoms with van der Waals surface area (Å²) in [6.07, 6.45) is 1.76. The van der Waals surface area contributed by atoms with Gasteiger partial charge in [-0.2, -0.15) is 0 Å². The molecule has 1 saturated heterocycles. The number of amides is 1. The zero-order valence-corrected chi connectivity index (χ0v) is 15.6. The Balaban J connectivity index is 1.82. The van der Waals surface area contributed by atoms with E-state index in [1.54, 1.807) is 6.07 Å². The van der Waals surface area contributed by atoms with Crippen LogP contribution in [0.25, 0.3) is 0 Å². The highest BCUT2D eigenvalue weighted by Gasteiger charge is 2.25. The number of hydrogen-bond donors (Lipinski definition) is 2. The molecule has 0 spiro atoms. The van der Waals surface area contributed by atoms with Gasteiger partial charge >= 0.3 is 5.97 Å². The van der Waals surface area contributed by atoms with Crippen molar-refractivity contribution in [1.29, 1.82) is 0 Å². The van der Waals surface area contributed by atoms with Crippen molar-refractivity contribution in [1.82, 2.24) is 9.80 Å². The maximum atomic E-state index is 12.3. The van der Waals surface area contributed by atoms with Crippen molar-refractivity contribution in [3.05, 3.63) is 28.8 Å². The summed E-state index contributed by atoms with van der Waals surface area (Å²) in [5.41, 5.74) is 1.61. The summed E-state index contributed by atoms with van der Waals surface area (Å²) in [6.45, 7) is 6.59. The molecule has 1 aromatic carbocycles. The Morgan fingerprint density at radius 2 is 2.04 bits per heavy atom. The lowest BCUT2D eigenvalue weighted by Gasteiger charge is -2.37. The van der Waals surface area contributed by atoms with Gasteiger partial charge in [-0.25, -0.2) is 0 Å². The minimum absolute atomic E-state index is 0.0540. The fourth-order valence-corrected chi connectivity index (χ4v) is 3.43. The van der Waals surface area contributed by atoms with E-state index in [1.807, 2.05) is 30.9 Å². The molecule has 1 heterocycles. The van der Waals surface area contributed by atoms with Gasteiger partial charge in [0.25, 0.3) is 0 Å². The Hall–Kier alpha value is -1.63. The summed E-state index contributed by atoms with van der Waals surface area (Å²) in [5, 5.41) is 12.5. The highest BCUT2D eigenvalue weighted by atomic mass is 35.5. The fourth-order valence-electron chi connectivity index (χ4n) is 3.25. The third-order valence-electron chi connectivity index (χ3n) is 4.73. The smallest absolute Gasteiger partial charge is 0.317 e. The maximum absolute atomic E-state index is 12.3. The molecule has 0 bridgehead atoms. The molecule has 0 unspecified atom stereocenters. The van der Waals surface area contributed by atoms with Gasteiger partial charge in [0.05, 0.1) is 13.1 Å². The molecule has 0 aliphatic carbocycles. The molecule has 6 nitrogen and oxygen atoms in total. The summed E-state index contributed by atoms with van der Waals surface area (Å²) < 4.78 is 0. The molecule has 1 aromatic rings. The first-order chi connectivity index (χ1) is 11.9. The maximum Gasteiger partial charge on any atom is 0.317 e. The molecule has 0 saturated carbocycles. The van der Waals surface area contributed by atoms with Gasteiger partial charge in [0, 0.05) is 29.8 Å². The van der Waals surface area contributed by atoms with Crippen LogP contribution in [0.4, 0.5) is 5.69 Å². The van der Waals surface area contributed by atoms with E-state index >= 15 is 0 Å². The number of anilines is 1. The third kappa shape index (κ3) is 5.70. The number of hydrogen-bond acceptors (Lipinski definition) is 4. The molecule has 0 atom stereocenters. The van der Waals surface area contributed by atoms with Crippen LogP contribution in [-0.4, -0.2) is 65.5 Å². The van der Waals surface area contributed by atoms with Crippen LogP contribution in [0.5, 0.6) is 0 Å². The zero-order chi connectivity index (χ0) is 18.4. The first kappa shape index (κ1) is 19.7. The predicted octanol–water partition coefficient (Wildman–Crippen LogP) is 2.46. The number of nitrogens with zero attached hydrogens (tertiary/aromatic N) is 2. The number of halogens is 1. The molecule has 138 valence electrons. The lowest BCUT2D eigenvalue weighted by atomic mass is 10.0. The Morgan fingerprint density at radius 1 is 1.36 bits per heavy atom. The van der Waals surface area contributed by atoms with Crippen LogP contribution in [0.15, 0.2) is 18.2 Å². The second-order valence-corrected chi connectivity index (χ2v) is 6.83. The lowest BCUT2D eigenvalue weighted by molar-refractivity contribution is -0.139. The van der Waals surface area contributed by atoms with Gasteiger partial charge in [-0.15, -0.1) is 0 Å². The average molecular weight is 368 g/mol. The van der Waals surface area contributed by atoms with E-state index in [-0.39, 0.29) is 18.5 Å². The lowest BCUT2D eigenvalue weighted by Crippen LogP contribution is -2.48. The number of carbonyl (C=O) groups is 2. The molecule has 7 heteroatoms. The molecule has 25 heavy (non-hydrogen) atoms. The Morgan fingerprint density at radius 3 is 2.64 bits per heavy atom. The molecule has 0 aromatic heterocycles. The van der Waals surface area contributed by atoms with Gasteiger partial charge in [-0.1, -0.05) is 24.6 Å². The van der Waals surface area contributed by atoms with Crippen molar-refractivity contribution in [3.63, 3.8) is 0 Å². The molecular formula is C18H26ClN3O3. The standard InChI is InChI=1S/C18H26ClN3O3/c1-3-22(12-18(24)25)14-7-9-21(10-8-14)11-17(23)20-16-6-4-5-15(19)13(16)2/h4-6,14H,3,7-12H2,1-2H3,(H,20,23)(H,24,25). The summed E-state index contributed by atoms with van der Waals surface area (Å²) in [7, 11) is 0. The minimum Gasteiger partial charge on any atom is -0.480 e. The van der Waals surface area contributed by atoms with E-state index in [1.165, 1.54) is 0 Å². The molecule has 0 radical (unpaired) electrons. The number of aliphatic carboxylic acids is 1. The van der Waals surface area contributed by atoms with E-state index < -0.39 is 5.97 Å². The molecule has 1 aliphatic heterocycles. The van der Waals surface area contributed by atoms with Crippen molar-refractivity contribution in [3.8, 4) is 0 Å². The Bertz CT molecular complexity index is 616. The molecule has 1 aliphatic rings. The van der Waals surface area contributed by atoms with Crippen molar-refractivity contribution in [2.45, 2.75) is 32.7 Å².